The summed E-state index contributed by atoms with van der Waals surface area (Å²) in [5, 5.41) is 3.56. The number of anilines is 2. The third-order valence-corrected chi connectivity index (χ3v) is 3.67. The van der Waals surface area contributed by atoms with E-state index in [9.17, 15) is 0 Å². The lowest BCUT2D eigenvalue weighted by molar-refractivity contribution is 0.242. The van der Waals surface area contributed by atoms with E-state index in [0.29, 0.717) is 12.0 Å². The topological polar surface area (TPSA) is 47.3 Å². The lowest BCUT2D eigenvalue weighted by atomic mass is 10.1. The Kier molecular flexibility index (Phi) is 3.74. The SMILES string of the molecule is CC(C)Oc1cc(N)cc(NC2CC2c2ccccc2)c1. The summed E-state index contributed by atoms with van der Waals surface area (Å²) in [7, 11) is 0. The van der Waals surface area contributed by atoms with E-state index < -0.39 is 0 Å². The zero-order chi connectivity index (χ0) is 14.8. The average molecular weight is 282 g/mol. The molecule has 1 aliphatic carbocycles. The van der Waals surface area contributed by atoms with Crippen LogP contribution in [0.15, 0.2) is 48.5 Å². The first-order chi connectivity index (χ1) is 10.1. The van der Waals surface area contributed by atoms with E-state index >= 15 is 0 Å². The van der Waals surface area contributed by atoms with Gasteiger partial charge in [-0.25, -0.2) is 0 Å². The van der Waals surface area contributed by atoms with Crippen LogP contribution in [-0.2, 0) is 0 Å². The summed E-state index contributed by atoms with van der Waals surface area (Å²) in [6.07, 6.45) is 1.32. The molecule has 3 heteroatoms. The maximum atomic E-state index is 5.96. The Morgan fingerprint density at radius 2 is 1.90 bits per heavy atom. The van der Waals surface area contributed by atoms with Crippen molar-refractivity contribution < 1.29 is 4.74 Å². The van der Waals surface area contributed by atoms with Crippen LogP contribution < -0.4 is 15.8 Å². The highest BCUT2D eigenvalue weighted by Crippen LogP contribution is 2.43. The zero-order valence-electron chi connectivity index (χ0n) is 12.5. The molecule has 0 bridgehead atoms. The highest BCUT2D eigenvalue weighted by atomic mass is 16.5. The summed E-state index contributed by atoms with van der Waals surface area (Å²) in [6.45, 7) is 4.03. The molecular weight excluding hydrogens is 260 g/mol. The van der Waals surface area contributed by atoms with Crippen molar-refractivity contribution in [3.63, 3.8) is 0 Å². The standard InChI is InChI=1S/C18H22N2O/c1-12(2)21-16-9-14(19)8-15(10-16)20-18-11-17(18)13-6-4-3-5-7-13/h3-10,12,17-18,20H,11,19H2,1-2H3. The van der Waals surface area contributed by atoms with Gasteiger partial charge in [0.2, 0.25) is 0 Å². The highest BCUT2D eigenvalue weighted by Gasteiger charge is 2.38. The first-order valence-corrected chi connectivity index (χ1v) is 7.50. The van der Waals surface area contributed by atoms with E-state index in [2.05, 4.69) is 35.6 Å². The Labute approximate surface area is 126 Å². The second kappa shape index (κ2) is 5.68. The smallest absolute Gasteiger partial charge is 0.123 e. The molecule has 2 unspecified atom stereocenters. The average Bonchev–Trinajstić information content (AvgIpc) is 3.17. The molecule has 2 aromatic carbocycles. The van der Waals surface area contributed by atoms with E-state index in [1.54, 1.807) is 0 Å². The van der Waals surface area contributed by atoms with E-state index in [1.807, 2.05) is 32.0 Å². The van der Waals surface area contributed by atoms with Gasteiger partial charge < -0.3 is 15.8 Å². The van der Waals surface area contributed by atoms with Crippen molar-refractivity contribution in [1.82, 2.24) is 0 Å². The van der Waals surface area contributed by atoms with E-state index in [1.165, 1.54) is 12.0 Å². The van der Waals surface area contributed by atoms with Crippen molar-refractivity contribution in [3.8, 4) is 5.75 Å². The monoisotopic (exact) mass is 282 g/mol. The molecule has 0 radical (unpaired) electrons. The summed E-state index contributed by atoms with van der Waals surface area (Å²) in [4.78, 5) is 0. The molecule has 3 N–H and O–H groups in total. The minimum Gasteiger partial charge on any atom is -0.491 e. The summed E-state index contributed by atoms with van der Waals surface area (Å²) in [5.41, 5.74) is 9.12. The van der Waals surface area contributed by atoms with Gasteiger partial charge in [0, 0.05) is 35.5 Å². The molecule has 3 nitrogen and oxygen atoms in total. The molecule has 0 amide bonds. The molecule has 3 rings (SSSR count). The Balaban J connectivity index is 1.68. The fourth-order valence-electron chi connectivity index (χ4n) is 2.68. The molecule has 0 aromatic heterocycles. The normalized spacial score (nSPS) is 20.3. The number of hydrogen-bond acceptors (Lipinski definition) is 3. The zero-order valence-corrected chi connectivity index (χ0v) is 12.5. The van der Waals surface area contributed by atoms with Crippen LogP contribution in [0.1, 0.15) is 31.7 Å². The molecule has 2 atom stereocenters. The molecule has 21 heavy (non-hydrogen) atoms. The fourth-order valence-corrected chi connectivity index (χ4v) is 2.68. The number of hydrogen-bond donors (Lipinski definition) is 2. The Bertz CT molecular complexity index is 610. The van der Waals surface area contributed by atoms with Crippen LogP contribution in [0.2, 0.25) is 0 Å². The maximum absolute atomic E-state index is 5.96. The molecule has 1 saturated carbocycles. The van der Waals surface area contributed by atoms with Crippen molar-refractivity contribution >= 4 is 11.4 Å². The molecular formula is C18H22N2O. The third kappa shape index (κ3) is 3.48. The predicted molar refractivity (Wildman–Crippen MR) is 87.8 cm³/mol. The van der Waals surface area contributed by atoms with E-state index in [-0.39, 0.29) is 6.10 Å². The maximum Gasteiger partial charge on any atom is 0.123 e. The van der Waals surface area contributed by atoms with Gasteiger partial charge >= 0.3 is 0 Å². The van der Waals surface area contributed by atoms with Crippen LogP contribution in [0.25, 0.3) is 0 Å². The number of ether oxygens (including phenoxy) is 1. The summed E-state index contributed by atoms with van der Waals surface area (Å²) < 4.78 is 5.73. The number of nitrogens with one attached hydrogen (secondary N) is 1. The lowest BCUT2D eigenvalue weighted by Crippen LogP contribution is -2.08. The molecule has 110 valence electrons. The van der Waals surface area contributed by atoms with Gasteiger partial charge in [0.05, 0.1) is 6.10 Å². The van der Waals surface area contributed by atoms with Gasteiger partial charge in [-0.1, -0.05) is 30.3 Å². The van der Waals surface area contributed by atoms with Crippen LogP contribution >= 0.6 is 0 Å². The lowest BCUT2D eigenvalue weighted by Gasteiger charge is -2.13. The number of nitrogen functional groups attached to an aromatic ring is 1. The van der Waals surface area contributed by atoms with Crippen LogP contribution in [0.3, 0.4) is 0 Å². The van der Waals surface area contributed by atoms with Crippen molar-refractivity contribution in [2.75, 3.05) is 11.1 Å². The van der Waals surface area contributed by atoms with Gasteiger partial charge in [-0.05, 0) is 31.9 Å². The number of benzene rings is 2. The van der Waals surface area contributed by atoms with Crippen molar-refractivity contribution in [2.24, 2.45) is 0 Å². The molecule has 0 aliphatic heterocycles. The van der Waals surface area contributed by atoms with Crippen LogP contribution in [0.5, 0.6) is 5.75 Å². The van der Waals surface area contributed by atoms with Crippen LogP contribution in [0, 0.1) is 0 Å². The minimum absolute atomic E-state index is 0.151. The largest absolute Gasteiger partial charge is 0.491 e. The summed E-state index contributed by atoms with van der Waals surface area (Å²) in [6, 6.07) is 17.0. The van der Waals surface area contributed by atoms with Gasteiger partial charge in [0.15, 0.2) is 0 Å². The molecule has 2 aromatic rings. The Morgan fingerprint density at radius 3 is 2.62 bits per heavy atom. The molecule has 0 saturated heterocycles. The first kappa shape index (κ1) is 13.8. The Hall–Kier alpha value is -2.16. The van der Waals surface area contributed by atoms with Crippen molar-refractivity contribution in [2.45, 2.75) is 38.3 Å². The molecule has 1 fully saturated rings. The van der Waals surface area contributed by atoms with Crippen LogP contribution in [-0.4, -0.2) is 12.1 Å². The van der Waals surface area contributed by atoms with Crippen LogP contribution in [0.4, 0.5) is 11.4 Å². The van der Waals surface area contributed by atoms with Gasteiger partial charge in [-0.3, -0.25) is 0 Å². The van der Waals surface area contributed by atoms with E-state index in [4.69, 9.17) is 10.5 Å². The second-order valence-corrected chi connectivity index (χ2v) is 5.96. The molecule has 1 aliphatic rings. The quantitative estimate of drug-likeness (QED) is 0.814. The minimum atomic E-state index is 0.151. The number of nitrogens with two attached hydrogens (primary N) is 1. The predicted octanol–water partition coefficient (Wildman–Crippen LogP) is 4.02. The third-order valence-electron chi connectivity index (χ3n) is 3.67. The van der Waals surface area contributed by atoms with Crippen molar-refractivity contribution in [3.05, 3.63) is 54.1 Å². The van der Waals surface area contributed by atoms with Gasteiger partial charge in [-0.2, -0.15) is 0 Å². The second-order valence-electron chi connectivity index (χ2n) is 5.96. The fraction of sp³-hybridized carbons (Fsp3) is 0.333. The first-order valence-electron chi connectivity index (χ1n) is 7.50. The van der Waals surface area contributed by atoms with Crippen molar-refractivity contribution in [1.29, 1.82) is 0 Å². The van der Waals surface area contributed by atoms with Gasteiger partial charge in [0.1, 0.15) is 5.75 Å². The van der Waals surface area contributed by atoms with E-state index in [0.717, 1.165) is 17.1 Å². The summed E-state index contributed by atoms with van der Waals surface area (Å²) >= 11 is 0. The van der Waals surface area contributed by atoms with Gasteiger partial charge in [-0.15, -0.1) is 0 Å². The summed E-state index contributed by atoms with van der Waals surface area (Å²) in [5.74, 6) is 1.42. The van der Waals surface area contributed by atoms with Gasteiger partial charge in [0.25, 0.3) is 0 Å². The molecule has 0 spiro atoms. The highest BCUT2D eigenvalue weighted by molar-refractivity contribution is 5.60. The number of rotatable bonds is 5. The molecule has 0 heterocycles. The Morgan fingerprint density at radius 1 is 1.14 bits per heavy atom.